The summed E-state index contributed by atoms with van der Waals surface area (Å²) in [6, 6.07) is 2.24. The Morgan fingerprint density at radius 1 is 1.38 bits per heavy atom. The molecule has 21 heavy (non-hydrogen) atoms. The van der Waals surface area contributed by atoms with Crippen molar-refractivity contribution in [1.82, 2.24) is 10.2 Å². The molecule has 1 aromatic rings. The molecule has 0 aliphatic heterocycles. The lowest BCUT2D eigenvalue weighted by molar-refractivity contribution is 0.0297. The van der Waals surface area contributed by atoms with E-state index in [2.05, 4.69) is 25.2 Å². The second kappa shape index (κ2) is 7.80. The van der Waals surface area contributed by atoms with Crippen molar-refractivity contribution in [2.24, 2.45) is 0 Å². The summed E-state index contributed by atoms with van der Waals surface area (Å²) in [5, 5.41) is 3.43. The highest BCUT2D eigenvalue weighted by molar-refractivity contribution is 7.12. The molecule has 1 aromatic heterocycles. The number of aryl methyl sites for hydroxylation is 2. The molecule has 0 aromatic carbocycles. The van der Waals surface area contributed by atoms with Gasteiger partial charge in [-0.05, 0) is 59.2 Å². The first kappa shape index (κ1) is 18.0. The van der Waals surface area contributed by atoms with Crippen LogP contribution in [0.15, 0.2) is 6.07 Å². The predicted molar refractivity (Wildman–Crippen MR) is 89.0 cm³/mol. The lowest BCUT2D eigenvalue weighted by Crippen LogP contribution is -2.35. The summed E-state index contributed by atoms with van der Waals surface area (Å²) >= 11 is 1.84. The minimum absolute atomic E-state index is 0.258. The first-order chi connectivity index (χ1) is 9.69. The zero-order chi connectivity index (χ0) is 16.0. The lowest BCUT2D eigenvalue weighted by atomic mass is 10.2. The highest BCUT2D eigenvalue weighted by Crippen LogP contribution is 2.20. The summed E-state index contributed by atoms with van der Waals surface area (Å²) in [6.07, 6.45) is 0.657. The number of thiophene rings is 1. The van der Waals surface area contributed by atoms with E-state index in [-0.39, 0.29) is 6.09 Å². The van der Waals surface area contributed by atoms with Gasteiger partial charge in [-0.3, -0.25) is 0 Å². The fourth-order valence-corrected chi connectivity index (χ4v) is 2.90. The van der Waals surface area contributed by atoms with Crippen LogP contribution in [0, 0.1) is 13.8 Å². The molecule has 1 amide bonds. The fraction of sp³-hybridized carbons (Fsp3) is 0.688. The maximum atomic E-state index is 11.8. The van der Waals surface area contributed by atoms with Gasteiger partial charge in [0.2, 0.25) is 0 Å². The van der Waals surface area contributed by atoms with Gasteiger partial charge in [-0.25, -0.2) is 4.79 Å². The van der Waals surface area contributed by atoms with Gasteiger partial charge in [0.05, 0.1) is 0 Å². The third kappa shape index (κ3) is 6.96. The van der Waals surface area contributed by atoms with Gasteiger partial charge in [-0.2, -0.15) is 0 Å². The van der Waals surface area contributed by atoms with Gasteiger partial charge < -0.3 is 15.0 Å². The molecule has 0 fully saturated rings. The van der Waals surface area contributed by atoms with Gasteiger partial charge in [-0.1, -0.05) is 0 Å². The molecule has 0 bridgehead atoms. The van der Waals surface area contributed by atoms with Crippen LogP contribution in [0.25, 0.3) is 0 Å². The molecule has 0 saturated heterocycles. The van der Waals surface area contributed by atoms with E-state index in [0.717, 1.165) is 19.5 Å². The average molecular weight is 312 g/mol. The maximum Gasteiger partial charge on any atom is 0.410 e. The van der Waals surface area contributed by atoms with Gasteiger partial charge in [0.1, 0.15) is 5.60 Å². The van der Waals surface area contributed by atoms with E-state index in [1.54, 1.807) is 11.9 Å². The molecule has 0 spiro atoms. The third-order valence-electron chi connectivity index (χ3n) is 3.01. The van der Waals surface area contributed by atoms with Crippen LogP contribution in [0.4, 0.5) is 4.79 Å². The summed E-state index contributed by atoms with van der Waals surface area (Å²) in [6.45, 7) is 12.4. The van der Waals surface area contributed by atoms with Crippen molar-refractivity contribution in [3.8, 4) is 0 Å². The van der Waals surface area contributed by atoms with Crippen molar-refractivity contribution in [3.05, 3.63) is 21.4 Å². The number of nitrogens with zero attached hydrogens (tertiary/aromatic N) is 1. The lowest BCUT2D eigenvalue weighted by Gasteiger charge is -2.24. The molecule has 0 radical (unpaired) electrons. The van der Waals surface area contributed by atoms with Crippen LogP contribution in [0.1, 0.15) is 42.5 Å². The molecule has 0 saturated carbocycles. The second-order valence-corrected chi connectivity index (χ2v) is 7.83. The van der Waals surface area contributed by atoms with Gasteiger partial charge in [0, 0.05) is 29.9 Å². The van der Waals surface area contributed by atoms with Crippen molar-refractivity contribution >= 4 is 17.4 Å². The molecule has 5 heteroatoms. The monoisotopic (exact) mass is 312 g/mol. The molecule has 0 unspecified atom stereocenters. The Balaban J connectivity index is 2.19. The largest absolute Gasteiger partial charge is 0.444 e. The summed E-state index contributed by atoms with van der Waals surface area (Å²) in [7, 11) is 1.78. The number of carbonyl (C=O) groups is 1. The van der Waals surface area contributed by atoms with Crippen molar-refractivity contribution in [3.63, 3.8) is 0 Å². The highest BCUT2D eigenvalue weighted by atomic mass is 32.1. The number of nitrogens with one attached hydrogen (secondary N) is 1. The van der Waals surface area contributed by atoms with E-state index < -0.39 is 5.60 Å². The van der Waals surface area contributed by atoms with Crippen LogP contribution in [0.2, 0.25) is 0 Å². The van der Waals surface area contributed by atoms with E-state index >= 15 is 0 Å². The highest BCUT2D eigenvalue weighted by Gasteiger charge is 2.18. The Labute approximate surface area is 132 Å². The smallest absolute Gasteiger partial charge is 0.410 e. The molecule has 120 valence electrons. The molecular weight excluding hydrogens is 284 g/mol. The number of amides is 1. The van der Waals surface area contributed by atoms with Gasteiger partial charge in [0.15, 0.2) is 0 Å². The Morgan fingerprint density at radius 3 is 2.57 bits per heavy atom. The Morgan fingerprint density at radius 2 is 2.05 bits per heavy atom. The summed E-state index contributed by atoms with van der Waals surface area (Å²) in [4.78, 5) is 16.1. The molecule has 0 atom stereocenters. The van der Waals surface area contributed by atoms with Crippen LogP contribution in [0.5, 0.6) is 0 Å². The minimum atomic E-state index is -0.433. The third-order valence-corrected chi connectivity index (χ3v) is 4.02. The summed E-state index contributed by atoms with van der Waals surface area (Å²) in [5.41, 5.74) is 0.941. The molecule has 0 aliphatic carbocycles. The van der Waals surface area contributed by atoms with Crippen LogP contribution in [-0.4, -0.2) is 36.7 Å². The minimum Gasteiger partial charge on any atom is -0.444 e. The van der Waals surface area contributed by atoms with E-state index in [1.807, 2.05) is 32.1 Å². The standard InChI is InChI=1S/C16H28N2O2S/c1-12-10-14(13(2)21-12)11-17-8-7-9-18(6)15(19)20-16(3,4)5/h10,17H,7-9,11H2,1-6H3. The average Bonchev–Trinajstić information content (AvgIpc) is 2.65. The van der Waals surface area contributed by atoms with Crippen LogP contribution in [0.3, 0.4) is 0 Å². The molecule has 1 heterocycles. The second-order valence-electron chi connectivity index (χ2n) is 6.37. The SMILES string of the molecule is Cc1cc(CNCCCN(C)C(=O)OC(C)(C)C)c(C)s1. The fourth-order valence-electron chi connectivity index (χ4n) is 1.95. The van der Waals surface area contributed by atoms with Crippen LogP contribution < -0.4 is 5.32 Å². The summed E-state index contributed by atoms with van der Waals surface area (Å²) in [5.74, 6) is 0. The topological polar surface area (TPSA) is 41.6 Å². The van der Waals surface area contributed by atoms with Crippen molar-refractivity contribution in [1.29, 1.82) is 0 Å². The molecular formula is C16H28N2O2S. The normalized spacial score (nSPS) is 11.5. The molecule has 1 N–H and O–H groups in total. The van der Waals surface area contributed by atoms with E-state index in [1.165, 1.54) is 15.3 Å². The zero-order valence-corrected chi connectivity index (χ0v) is 14.9. The number of hydrogen-bond acceptors (Lipinski definition) is 4. The summed E-state index contributed by atoms with van der Waals surface area (Å²) < 4.78 is 5.31. The van der Waals surface area contributed by atoms with Crippen molar-refractivity contribution in [2.75, 3.05) is 20.1 Å². The van der Waals surface area contributed by atoms with Gasteiger partial charge in [-0.15, -0.1) is 11.3 Å². The van der Waals surface area contributed by atoms with Crippen molar-refractivity contribution < 1.29 is 9.53 Å². The Bertz CT molecular complexity index is 463. The first-order valence-electron chi connectivity index (χ1n) is 7.40. The number of ether oxygens (including phenoxy) is 1. The predicted octanol–water partition coefficient (Wildman–Crippen LogP) is 3.71. The zero-order valence-electron chi connectivity index (χ0n) is 14.1. The van der Waals surface area contributed by atoms with E-state index in [0.29, 0.717) is 6.54 Å². The number of rotatable bonds is 6. The van der Waals surface area contributed by atoms with E-state index in [9.17, 15) is 4.79 Å². The molecule has 4 nitrogen and oxygen atoms in total. The molecule has 1 rings (SSSR count). The first-order valence-corrected chi connectivity index (χ1v) is 8.21. The maximum absolute atomic E-state index is 11.8. The van der Waals surface area contributed by atoms with E-state index in [4.69, 9.17) is 4.74 Å². The molecule has 0 aliphatic rings. The van der Waals surface area contributed by atoms with Gasteiger partial charge >= 0.3 is 6.09 Å². The van der Waals surface area contributed by atoms with Crippen molar-refractivity contribution in [2.45, 2.75) is 53.2 Å². The van der Waals surface area contributed by atoms with Crippen LogP contribution in [-0.2, 0) is 11.3 Å². The number of carbonyl (C=O) groups excluding carboxylic acids is 1. The Hall–Kier alpha value is -1.07. The Kier molecular flexibility index (Phi) is 6.68. The van der Waals surface area contributed by atoms with Gasteiger partial charge in [0.25, 0.3) is 0 Å². The number of hydrogen-bond donors (Lipinski definition) is 1. The quantitative estimate of drug-likeness (QED) is 0.814. The van der Waals surface area contributed by atoms with Crippen LogP contribution >= 0.6 is 11.3 Å².